The minimum atomic E-state index is -0.174. The first-order chi connectivity index (χ1) is 8.34. The first-order valence-corrected chi connectivity index (χ1v) is 6.40. The fourth-order valence-corrected chi connectivity index (χ4v) is 2.04. The van der Waals surface area contributed by atoms with E-state index in [4.69, 9.17) is 0 Å². The maximum Gasteiger partial charge on any atom is 0.225 e. The van der Waals surface area contributed by atoms with Crippen LogP contribution in [-0.2, 0) is 4.79 Å². The van der Waals surface area contributed by atoms with Crippen molar-refractivity contribution in [3.8, 4) is 0 Å². The molecule has 1 atom stereocenters. The summed E-state index contributed by atoms with van der Waals surface area (Å²) < 4.78 is 0. The molecule has 0 aliphatic heterocycles. The van der Waals surface area contributed by atoms with E-state index in [2.05, 4.69) is 23.8 Å². The normalized spacial score (nSPS) is 12.9. The Morgan fingerprint density at radius 3 is 2.33 bits per heavy atom. The van der Waals surface area contributed by atoms with Crippen molar-refractivity contribution in [2.75, 3.05) is 11.9 Å². The number of hydrogen-bond acceptors (Lipinski definition) is 4. The highest BCUT2D eigenvalue weighted by Crippen LogP contribution is 2.19. The molecule has 0 saturated heterocycles. The molecule has 0 aliphatic rings. The molecule has 4 heteroatoms. The zero-order valence-corrected chi connectivity index (χ0v) is 12.1. The summed E-state index contributed by atoms with van der Waals surface area (Å²) in [6, 6.07) is 1.68. The summed E-state index contributed by atoms with van der Waals surface area (Å²) in [4.78, 5) is 22.8. The molecule has 0 radical (unpaired) electrons. The van der Waals surface area contributed by atoms with Gasteiger partial charge in [0.2, 0.25) is 5.95 Å². The van der Waals surface area contributed by atoms with Crippen molar-refractivity contribution in [3.05, 3.63) is 18.0 Å². The van der Waals surface area contributed by atoms with Crippen molar-refractivity contribution in [2.45, 2.75) is 40.7 Å². The van der Waals surface area contributed by atoms with E-state index in [-0.39, 0.29) is 23.7 Å². The van der Waals surface area contributed by atoms with Crippen molar-refractivity contribution in [1.82, 2.24) is 9.97 Å². The molecule has 1 unspecified atom stereocenters. The van der Waals surface area contributed by atoms with E-state index < -0.39 is 0 Å². The van der Waals surface area contributed by atoms with Crippen LogP contribution in [0.25, 0.3) is 0 Å². The number of anilines is 1. The highest BCUT2D eigenvalue weighted by Gasteiger charge is 2.29. The number of carbonyl (C=O) groups excluding carboxylic acids is 1. The van der Waals surface area contributed by atoms with Crippen molar-refractivity contribution in [1.29, 1.82) is 0 Å². The number of likely N-dealkylation sites (N-methyl/N-ethyl adjacent to an activating group) is 1. The third-order valence-corrected chi connectivity index (χ3v) is 3.01. The lowest BCUT2D eigenvalue weighted by molar-refractivity contribution is -0.124. The average Bonchev–Trinajstić information content (AvgIpc) is 2.28. The van der Waals surface area contributed by atoms with Gasteiger partial charge in [0.05, 0.1) is 6.04 Å². The largest absolute Gasteiger partial charge is 0.334 e. The van der Waals surface area contributed by atoms with Gasteiger partial charge in [0, 0.05) is 24.9 Å². The second kappa shape index (κ2) is 5.94. The van der Waals surface area contributed by atoms with E-state index in [1.807, 2.05) is 38.8 Å². The maximum atomic E-state index is 12.3. The van der Waals surface area contributed by atoms with Gasteiger partial charge in [0.25, 0.3) is 0 Å². The number of aromatic nitrogens is 2. The van der Waals surface area contributed by atoms with Gasteiger partial charge in [-0.1, -0.05) is 27.7 Å². The smallest absolute Gasteiger partial charge is 0.225 e. The molecule has 1 heterocycles. The zero-order valence-electron chi connectivity index (χ0n) is 12.1. The van der Waals surface area contributed by atoms with E-state index in [1.165, 1.54) is 0 Å². The summed E-state index contributed by atoms with van der Waals surface area (Å²) in [5.74, 6) is 1.10. The lowest BCUT2D eigenvalue weighted by Gasteiger charge is -2.31. The highest BCUT2D eigenvalue weighted by atomic mass is 16.1. The first kappa shape index (κ1) is 14.6. The summed E-state index contributed by atoms with van der Waals surface area (Å²) in [5.41, 5.74) is 0.909. The maximum absolute atomic E-state index is 12.3. The third-order valence-electron chi connectivity index (χ3n) is 3.01. The number of ketones is 1. The van der Waals surface area contributed by atoms with Gasteiger partial charge in [-0.2, -0.15) is 0 Å². The van der Waals surface area contributed by atoms with Gasteiger partial charge in [-0.15, -0.1) is 0 Å². The van der Waals surface area contributed by atoms with Crippen molar-refractivity contribution >= 4 is 11.7 Å². The Labute approximate surface area is 109 Å². The molecule has 0 bridgehead atoms. The summed E-state index contributed by atoms with van der Waals surface area (Å²) in [5, 5.41) is 0. The second-order valence-corrected chi connectivity index (χ2v) is 5.35. The van der Waals surface area contributed by atoms with Gasteiger partial charge in [-0.25, -0.2) is 9.97 Å². The molecule has 1 aromatic heterocycles. The Morgan fingerprint density at radius 1 is 1.28 bits per heavy atom. The fraction of sp³-hybridized carbons (Fsp3) is 0.643. The van der Waals surface area contributed by atoms with E-state index in [9.17, 15) is 4.79 Å². The monoisotopic (exact) mass is 249 g/mol. The van der Waals surface area contributed by atoms with Crippen LogP contribution in [0.4, 0.5) is 5.95 Å². The highest BCUT2D eigenvalue weighted by molar-refractivity contribution is 5.88. The number of hydrogen-bond donors (Lipinski definition) is 0. The topological polar surface area (TPSA) is 46.1 Å². The average molecular weight is 249 g/mol. The van der Waals surface area contributed by atoms with Crippen LogP contribution in [0.5, 0.6) is 0 Å². The fourth-order valence-electron chi connectivity index (χ4n) is 2.04. The summed E-state index contributed by atoms with van der Waals surface area (Å²) in [6.45, 7) is 9.90. The van der Waals surface area contributed by atoms with Crippen LogP contribution in [0, 0.1) is 18.8 Å². The molecule has 4 nitrogen and oxygen atoms in total. The van der Waals surface area contributed by atoms with Gasteiger partial charge < -0.3 is 4.90 Å². The van der Waals surface area contributed by atoms with Crippen LogP contribution in [-0.4, -0.2) is 28.8 Å². The molecule has 0 spiro atoms. The van der Waals surface area contributed by atoms with Crippen molar-refractivity contribution < 1.29 is 4.79 Å². The van der Waals surface area contributed by atoms with E-state index in [1.54, 1.807) is 6.20 Å². The predicted molar refractivity (Wildman–Crippen MR) is 73.6 cm³/mol. The molecular formula is C14H23N3O. The Balaban J connectivity index is 3.03. The molecule has 0 N–H and O–H groups in total. The second-order valence-electron chi connectivity index (χ2n) is 5.35. The molecule has 0 fully saturated rings. The SMILES string of the molecule is Cc1ccnc(N(C)C(C(=O)C(C)C)C(C)C)n1. The number of aryl methyl sites for hydroxylation is 1. The quantitative estimate of drug-likeness (QED) is 0.804. The number of nitrogens with zero attached hydrogens (tertiary/aromatic N) is 3. The molecule has 1 aromatic rings. The van der Waals surface area contributed by atoms with Gasteiger partial charge in [-0.3, -0.25) is 4.79 Å². The van der Waals surface area contributed by atoms with Crippen LogP contribution < -0.4 is 4.90 Å². The van der Waals surface area contributed by atoms with Crippen LogP contribution >= 0.6 is 0 Å². The van der Waals surface area contributed by atoms with Crippen LogP contribution in [0.1, 0.15) is 33.4 Å². The van der Waals surface area contributed by atoms with E-state index >= 15 is 0 Å². The summed E-state index contributed by atoms with van der Waals surface area (Å²) in [7, 11) is 1.89. The van der Waals surface area contributed by atoms with Crippen LogP contribution in [0.3, 0.4) is 0 Å². The summed E-state index contributed by atoms with van der Waals surface area (Å²) in [6.07, 6.45) is 1.73. The van der Waals surface area contributed by atoms with E-state index in [0.29, 0.717) is 5.95 Å². The Kier molecular flexibility index (Phi) is 4.82. The predicted octanol–water partition coefficient (Wildman–Crippen LogP) is 2.47. The molecule has 0 aromatic carbocycles. The Bertz CT molecular complexity index is 415. The number of Topliss-reactive ketones (excluding diaryl/α,β-unsaturated/α-hetero) is 1. The van der Waals surface area contributed by atoms with Gasteiger partial charge in [0.15, 0.2) is 5.78 Å². The molecule has 1 rings (SSSR count). The molecule has 0 amide bonds. The molecular weight excluding hydrogens is 226 g/mol. The Hall–Kier alpha value is -1.45. The van der Waals surface area contributed by atoms with Crippen LogP contribution in [0.2, 0.25) is 0 Å². The van der Waals surface area contributed by atoms with Gasteiger partial charge in [0.1, 0.15) is 0 Å². The van der Waals surface area contributed by atoms with Gasteiger partial charge in [-0.05, 0) is 18.9 Å². The summed E-state index contributed by atoms with van der Waals surface area (Å²) >= 11 is 0. The number of carbonyl (C=O) groups is 1. The van der Waals surface area contributed by atoms with Crippen molar-refractivity contribution in [3.63, 3.8) is 0 Å². The standard InChI is InChI=1S/C14H23N3O/c1-9(2)12(13(18)10(3)4)17(6)14-15-8-7-11(5)16-14/h7-10,12H,1-6H3. The molecule has 18 heavy (non-hydrogen) atoms. The van der Waals surface area contributed by atoms with Crippen molar-refractivity contribution in [2.24, 2.45) is 11.8 Å². The number of rotatable bonds is 5. The van der Waals surface area contributed by atoms with Crippen LogP contribution in [0.15, 0.2) is 12.3 Å². The molecule has 100 valence electrons. The lowest BCUT2D eigenvalue weighted by atomic mass is 9.92. The lowest BCUT2D eigenvalue weighted by Crippen LogP contribution is -2.45. The molecule has 0 aliphatic carbocycles. The van der Waals surface area contributed by atoms with E-state index in [0.717, 1.165) is 5.69 Å². The minimum Gasteiger partial charge on any atom is -0.334 e. The zero-order chi connectivity index (χ0) is 13.9. The van der Waals surface area contributed by atoms with Gasteiger partial charge >= 0.3 is 0 Å². The Morgan fingerprint density at radius 2 is 1.89 bits per heavy atom. The first-order valence-electron chi connectivity index (χ1n) is 6.40. The minimum absolute atomic E-state index is 0.0182. The molecule has 0 saturated carbocycles. The third kappa shape index (κ3) is 3.28.